The average Bonchev–Trinajstić information content (AvgIpc) is 2.53. The summed E-state index contributed by atoms with van der Waals surface area (Å²) in [7, 11) is -4.40. The molecule has 26 heavy (non-hydrogen) atoms. The van der Waals surface area contributed by atoms with E-state index in [0.29, 0.717) is 5.56 Å². The van der Waals surface area contributed by atoms with Crippen molar-refractivity contribution in [1.29, 1.82) is 0 Å². The molecular weight excluding hydrogens is 384 g/mol. The number of rotatable bonds is 4. The fourth-order valence-electron chi connectivity index (χ4n) is 2.34. The summed E-state index contributed by atoms with van der Waals surface area (Å²) in [6, 6.07) is 6.74. The zero-order valence-electron chi connectivity index (χ0n) is 13.4. The van der Waals surface area contributed by atoms with Gasteiger partial charge in [0, 0.05) is 6.07 Å². The summed E-state index contributed by atoms with van der Waals surface area (Å²) >= 11 is 6.04. The van der Waals surface area contributed by atoms with Gasteiger partial charge in [-0.2, -0.15) is 8.42 Å². The fraction of sp³-hybridized carbons (Fsp3) is 0.125. The van der Waals surface area contributed by atoms with E-state index in [0.717, 1.165) is 6.07 Å². The Morgan fingerprint density at radius 2 is 2.04 bits per heavy atom. The summed E-state index contributed by atoms with van der Waals surface area (Å²) in [5, 5.41) is 2.34. The van der Waals surface area contributed by atoms with E-state index in [9.17, 15) is 18.0 Å². The predicted molar refractivity (Wildman–Crippen MR) is 93.1 cm³/mol. The molecule has 0 radical (unpaired) electrons. The molecule has 0 saturated heterocycles. The van der Waals surface area contributed by atoms with Crippen LogP contribution in [0.3, 0.4) is 0 Å². The summed E-state index contributed by atoms with van der Waals surface area (Å²) in [6.07, 6.45) is 0. The molecule has 136 valence electrons. The number of ether oxygens (including phenoxy) is 1. The quantitative estimate of drug-likeness (QED) is 0.760. The van der Waals surface area contributed by atoms with Gasteiger partial charge in [-0.25, -0.2) is 0 Å². The van der Waals surface area contributed by atoms with Crippen molar-refractivity contribution in [1.82, 2.24) is 0 Å². The van der Waals surface area contributed by atoms with Gasteiger partial charge in [0.2, 0.25) is 0 Å². The van der Waals surface area contributed by atoms with Crippen LogP contribution in [0.15, 0.2) is 35.2 Å². The molecule has 1 aliphatic heterocycles. The van der Waals surface area contributed by atoms with Gasteiger partial charge in [0.05, 0.1) is 16.3 Å². The van der Waals surface area contributed by atoms with Crippen LogP contribution >= 0.6 is 11.6 Å². The van der Waals surface area contributed by atoms with Gasteiger partial charge >= 0.3 is 10.1 Å². The molecule has 0 unspecified atom stereocenters. The van der Waals surface area contributed by atoms with Crippen molar-refractivity contribution < 1.29 is 26.9 Å². The van der Waals surface area contributed by atoms with E-state index >= 15 is 0 Å². The molecule has 3 rings (SSSR count). The number of anilines is 1. The Bertz CT molecular complexity index is 1040. The Labute approximate surface area is 154 Å². The minimum absolute atomic E-state index is 0.0863. The standard InChI is InChI=1S/C16H13ClN2O6S/c1-8-2-3-9(16(18)21)12(4-8)25-26(22,23)14-6-13-11(5-10(14)17)19-15(20)7-24-13/h2-6H,7H2,1H3,(H2,18,21)(H,19,20). The maximum Gasteiger partial charge on any atom is 0.340 e. The van der Waals surface area contributed by atoms with E-state index in [1.807, 2.05) is 0 Å². The van der Waals surface area contributed by atoms with Crippen molar-refractivity contribution >= 4 is 39.2 Å². The van der Waals surface area contributed by atoms with Crippen molar-refractivity contribution in [2.24, 2.45) is 5.73 Å². The first-order valence-corrected chi connectivity index (χ1v) is 9.07. The number of hydrogen-bond acceptors (Lipinski definition) is 6. The second-order valence-corrected chi connectivity index (χ2v) is 7.44. The highest BCUT2D eigenvalue weighted by atomic mass is 35.5. The zero-order chi connectivity index (χ0) is 19.1. The number of hydrogen-bond donors (Lipinski definition) is 2. The molecule has 3 N–H and O–H groups in total. The highest BCUT2D eigenvalue weighted by Gasteiger charge is 2.27. The largest absolute Gasteiger partial charge is 0.482 e. The van der Waals surface area contributed by atoms with Crippen LogP contribution in [-0.2, 0) is 14.9 Å². The molecule has 0 spiro atoms. The number of benzene rings is 2. The molecule has 0 fully saturated rings. The lowest BCUT2D eigenvalue weighted by Gasteiger charge is -2.19. The van der Waals surface area contributed by atoms with Gasteiger partial charge in [-0.3, -0.25) is 9.59 Å². The molecule has 1 aliphatic rings. The highest BCUT2D eigenvalue weighted by Crippen LogP contribution is 2.37. The zero-order valence-corrected chi connectivity index (χ0v) is 15.0. The maximum atomic E-state index is 12.7. The number of carbonyl (C=O) groups is 2. The Kier molecular flexibility index (Phi) is 4.51. The van der Waals surface area contributed by atoms with Crippen molar-refractivity contribution in [2.45, 2.75) is 11.8 Å². The summed E-state index contributed by atoms with van der Waals surface area (Å²) in [5.74, 6) is -1.29. The minimum Gasteiger partial charge on any atom is -0.482 e. The summed E-state index contributed by atoms with van der Waals surface area (Å²) in [4.78, 5) is 22.5. The van der Waals surface area contributed by atoms with Gasteiger partial charge in [0.25, 0.3) is 11.8 Å². The molecule has 0 aliphatic carbocycles. The van der Waals surface area contributed by atoms with Crippen LogP contribution in [0, 0.1) is 6.92 Å². The van der Waals surface area contributed by atoms with E-state index in [2.05, 4.69) is 5.32 Å². The smallest absolute Gasteiger partial charge is 0.340 e. The van der Waals surface area contributed by atoms with Gasteiger partial charge in [-0.15, -0.1) is 0 Å². The van der Waals surface area contributed by atoms with Gasteiger partial charge in [0.1, 0.15) is 10.6 Å². The lowest BCUT2D eigenvalue weighted by Crippen LogP contribution is -2.25. The van der Waals surface area contributed by atoms with Gasteiger partial charge in [-0.1, -0.05) is 17.7 Å². The molecule has 8 nitrogen and oxygen atoms in total. The topological polar surface area (TPSA) is 125 Å². The first-order valence-electron chi connectivity index (χ1n) is 7.28. The Morgan fingerprint density at radius 1 is 1.31 bits per heavy atom. The monoisotopic (exact) mass is 396 g/mol. The van der Waals surface area contributed by atoms with Crippen molar-refractivity contribution in [3.8, 4) is 11.5 Å². The van der Waals surface area contributed by atoms with Crippen LogP contribution in [0.25, 0.3) is 0 Å². The summed E-state index contributed by atoms with van der Waals surface area (Å²) < 4.78 is 35.6. The van der Waals surface area contributed by atoms with Crippen LogP contribution in [-0.4, -0.2) is 26.8 Å². The van der Waals surface area contributed by atoms with E-state index in [1.54, 1.807) is 13.0 Å². The molecule has 0 saturated carbocycles. The van der Waals surface area contributed by atoms with Crippen LogP contribution in [0.1, 0.15) is 15.9 Å². The molecule has 2 aromatic carbocycles. The highest BCUT2D eigenvalue weighted by molar-refractivity contribution is 7.87. The first kappa shape index (κ1) is 18.0. The van der Waals surface area contributed by atoms with Gasteiger partial charge in [0.15, 0.2) is 12.4 Å². The first-order chi connectivity index (χ1) is 12.2. The van der Waals surface area contributed by atoms with Crippen molar-refractivity contribution in [3.63, 3.8) is 0 Å². The lowest BCUT2D eigenvalue weighted by atomic mass is 10.1. The summed E-state index contributed by atoms with van der Waals surface area (Å²) in [6.45, 7) is 1.45. The number of halogens is 1. The minimum atomic E-state index is -4.40. The molecular formula is C16H13ClN2O6S. The molecule has 2 aromatic rings. The molecule has 0 aromatic heterocycles. The number of aryl methyl sites for hydroxylation is 1. The third-order valence-electron chi connectivity index (χ3n) is 3.54. The number of fused-ring (bicyclic) bond motifs is 1. The van der Waals surface area contributed by atoms with E-state index < -0.39 is 16.0 Å². The van der Waals surface area contributed by atoms with E-state index in [-0.39, 0.29) is 45.2 Å². The number of primary amides is 1. The van der Waals surface area contributed by atoms with Crippen LogP contribution in [0.2, 0.25) is 5.02 Å². The Balaban J connectivity index is 2.04. The Morgan fingerprint density at radius 3 is 2.73 bits per heavy atom. The third-order valence-corrected chi connectivity index (χ3v) is 5.24. The van der Waals surface area contributed by atoms with Crippen molar-refractivity contribution in [3.05, 3.63) is 46.5 Å². The predicted octanol–water partition coefficient (Wildman–Crippen LogP) is 1.85. The second-order valence-electron chi connectivity index (χ2n) is 5.52. The normalized spacial score (nSPS) is 13.4. The van der Waals surface area contributed by atoms with Gasteiger partial charge in [-0.05, 0) is 30.7 Å². The fourth-order valence-corrected chi connectivity index (χ4v) is 3.80. The SMILES string of the molecule is Cc1ccc(C(N)=O)c(OS(=O)(=O)c2cc3c(cc2Cl)NC(=O)CO3)c1. The maximum absolute atomic E-state index is 12.7. The number of amides is 2. The molecule has 2 amide bonds. The number of nitrogens with two attached hydrogens (primary N) is 1. The third kappa shape index (κ3) is 3.44. The molecule has 0 bridgehead atoms. The molecule has 10 heteroatoms. The Hall–Kier alpha value is -2.78. The number of nitrogens with one attached hydrogen (secondary N) is 1. The van der Waals surface area contributed by atoms with Crippen LogP contribution < -0.4 is 20.0 Å². The van der Waals surface area contributed by atoms with Crippen molar-refractivity contribution in [2.75, 3.05) is 11.9 Å². The van der Waals surface area contributed by atoms with E-state index in [4.69, 9.17) is 26.3 Å². The van der Waals surface area contributed by atoms with Crippen LogP contribution in [0.5, 0.6) is 11.5 Å². The second kappa shape index (κ2) is 6.50. The summed E-state index contributed by atoms with van der Waals surface area (Å²) in [5.41, 5.74) is 6.09. The lowest BCUT2D eigenvalue weighted by molar-refractivity contribution is -0.118. The molecule has 0 atom stereocenters. The van der Waals surface area contributed by atoms with Crippen LogP contribution in [0.4, 0.5) is 5.69 Å². The number of carbonyl (C=O) groups excluding carboxylic acids is 2. The molecule has 1 heterocycles. The average molecular weight is 397 g/mol. The van der Waals surface area contributed by atoms with Gasteiger partial charge < -0.3 is 20.0 Å². The van der Waals surface area contributed by atoms with E-state index in [1.165, 1.54) is 18.2 Å².